The second-order valence-corrected chi connectivity index (χ2v) is 9.94. The summed E-state index contributed by atoms with van der Waals surface area (Å²) < 4.78 is 12.1. The van der Waals surface area contributed by atoms with Gasteiger partial charge in [0.1, 0.15) is 11.9 Å². The summed E-state index contributed by atoms with van der Waals surface area (Å²) >= 11 is 0. The molecule has 0 aliphatic carbocycles. The highest BCUT2D eigenvalue weighted by Gasteiger charge is 2.36. The molecule has 3 aliphatic rings. The van der Waals surface area contributed by atoms with Crippen LogP contribution in [-0.4, -0.2) is 92.9 Å². The summed E-state index contributed by atoms with van der Waals surface area (Å²) in [6.07, 6.45) is 4.85. The maximum absolute atomic E-state index is 6.35. The van der Waals surface area contributed by atoms with Crippen molar-refractivity contribution >= 4 is 0 Å². The zero-order valence-electron chi connectivity index (χ0n) is 19.3. The Balaban J connectivity index is 1.39. The summed E-state index contributed by atoms with van der Waals surface area (Å²) in [5.41, 5.74) is 1.68. The molecular weight excluding hydrogens is 374 g/mol. The van der Waals surface area contributed by atoms with Crippen LogP contribution >= 0.6 is 0 Å². The summed E-state index contributed by atoms with van der Waals surface area (Å²) in [4.78, 5) is 7.65. The van der Waals surface area contributed by atoms with E-state index in [0.29, 0.717) is 12.1 Å². The third-order valence-electron chi connectivity index (χ3n) is 7.55. The van der Waals surface area contributed by atoms with Crippen molar-refractivity contribution in [3.8, 4) is 5.75 Å². The molecule has 3 saturated heterocycles. The van der Waals surface area contributed by atoms with Crippen LogP contribution in [0.1, 0.15) is 45.1 Å². The first-order chi connectivity index (χ1) is 14.5. The average Bonchev–Trinajstić information content (AvgIpc) is 2.77. The molecule has 0 saturated carbocycles. The Morgan fingerprint density at radius 3 is 2.20 bits per heavy atom. The quantitative estimate of drug-likeness (QED) is 0.711. The second kappa shape index (κ2) is 9.99. The van der Waals surface area contributed by atoms with E-state index in [9.17, 15) is 0 Å². The summed E-state index contributed by atoms with van der Waals surface area (Å²) in [5, 5.41) is 0. The normalized spacial score (nSPS) is 24.9. The van der Waals surface area contributed by atoms with Crippen molar-refractivity contribution in [1.29, 1.82) is 0 Å². The molecule has 3 aliphatic heterocycles. The molecule has 168 valence electrons. The number of ether oxygens (including phenoxy) is 2. The van der Waals surface area contributed by atoms with E-state index in [4.69, 9.17) is 9.47 Å². The summed E-state index contributed by atoms with van der Waals surface area (Å²) in [6.45, 7) is 14.5. The van der Waals surface area contributed by atoms with Gasteiger partial charge in [-0.1, -0.05) is 12.1 Å². The van der Waals surface area contributed by atoms with Crippen LogP contribution < -0.4 is 4.74 Å². The van der Waals surface area contributed by atoms with E-state index in [1.807, 2.05) is 0 Å². The van der Waals surface area contributed by atoms with Crippen LogP contribution in [0, 0.1) is 0 Å². The van der Waals surface area contributed by atoms with Crippen molar-refractivity contribution in [2.45, 2.75) is 57.1 Å². The van der Waals surface area contributed by atoms with Gasteiger partial charge in [0.05, 0.1) is 0 Å². The Bertz CT molecular complexity index is 641. The van der Waals surface area contributed by atoms with Crippen molar-refractivity contribution in [2.75, 3.05) is 66.1 Å². The van der Waals surface area contributed by atoms with Crippen molar-refractivity contribution in [2.24, 2.45) is 0 Å². The standard InChI is InChI=1S/C25H41N3O2/c1-21(2)28-12-8-24(9-13-28)30-23-6-4-22(5-7-23)25(10-18-29-19-11-25)20-27-16-14-26(3)15-17-27/h4-7,21,24H,8-20H2,1-3H3. The van der Waals surface area contributed by atoms with Crippen LogP contribution in [0.4, 0.5) is 0 Å². The summed E-state index contributed by atoms with van der Waals surface area (Å²) in [6, 6.07) is 9.73. The van der Waals surface area contributed by atoms with Gasteiger partial charge in [-0.15, -0.1) is 0 Å². The van der Waals surface area contributed by atoms with E-state index in [-0.39, 0.29) is 5.41 Å². The molecule has 0 unspecified atom stereocenters. The third-order valence-corrected chi connectivity index (χ3v) is 7.55. The molecule has 0 bridgehead atoms. The first kappa shape index (κ1) is 22.1. The number of piperidine rings is 1. The summed E-state index contributed by atoms with van der Waals surface area (Å²) in [7, 11) is 2.23. The summed E-state index contributed by atoms with van der Waals surface area (Å²) in [5.74, 6) is 1.03. The zero-order chi connectivity index (χ0) is 21.0. The van der Waals surface area contributed by atoms with Crippen LogP contribution in [0.2, 0.25) is 0 Å². The highest BCUT2D eigenvalue weighted by molar-refractivity contribution is 5.33. The predicted octanol–water partition coefficient (Wildman–Crippen LogP) is 3.23. The SMILES string of the molecule is CC(C)N1CCC(Oc2ccc(C3(CN4CCN(C)CC4)CCOCC3)cc2)CC1. The Labute approximate surface area is 183 Å². The molecule has 0 amide bonds. The molecule has 5 heteroatoms. The minimum absolute atomic E-state index is 0.218. The first-order valence-corrected chi connectivity index (χ1v) is 12.0. The number of piperazine rings is 1. The number of rotatable bonds is 6. The van der Waals surface area contributed by atoms with Crippen molar-refractivity contribution in [3.63, 3.8) is 0 Å². The van der Waals surface area contributed by atoms with Gasteiger partial charge in [0.2, 0.25) is 0 Å². The van der Waals surface area contributed by atoms with Crippen LogP contribution in [0.5, 0.6) is 5.75 Å². The van der Waals surface area contributed by atoms with Crippen molar-refractivity contribution < 1.29 is 9.47 Å². The van der Waals surface area contributed by atoms with Gasteiger partial charge in [-0.05, 0) is 64.3 Å². The average molecular weight is 416 g/mol. The van der Waals surface area contributed by atoms with Crippen LogP contribution in [0.3, 0.4) is 0 Å². The van der Waals surface area contributed by atoms with E-state index in [1.165, 1.54) is 31.7 Å². The molecule has 0 N–H and O–H groups in total. The minimum Gasteiger partial charge on any atom is -0.490 e. The largest absolute Gasteiger partial charge is 0.490 e. The molecule has 1 aromatic carbocycles. The fraction of sp³-hybridized carbons (Fsp3) is 0.760. The van der Waals surface area contributed by atoms with Crippen molar-refractivity contribution in [1.82, 2.24) is 14.7 Å². The lowest BCUT2D eigenvalue weighted by Crippen LogP contribution is -2.51. The van der Waals surface area contributed by atoms with E-state index in [1.54, 1.807) is 0 Å². The number of nitrogens with zero attached hydrogens (tertiary/aromatic N) is 3. The van der Waals surface area contributed by atoms with Crippen LogP contribution in [-0.2, 0) is 10.2 Å². The highest BCUT2D eigenvalue weighted by Crippen LogP contribution is 2.37. The lowest BCUT2D eigenvalue weighted by molar-refractivity contribution is 0.0261. The molecule has 1 aromatic rings. The Kier molecular flexibility index (Phi) is 7.35. The molecule has 4 rings (SSSR count). The van der Waals surface area contributed by atoms with E-state index in [2.05, 4.69) is 59.9 Å². The third kappa shape index (κ3) is 5.37. The molecule has 3 heterocycles. The maximum atomic E-state index is 6.35. The topological polar surface area (TPSA) is 28.2 Å². The Hall–Kier alpha value is -1.14. The fourth-order valence-electron chi connectivity index (χ4n) is 5.32. The van der Waals surface area contributed by atoms with Gasteiger partial charge in [-0.2, -0.15) is 0 Å². The van der Waals surface area contributed by atoms with Crippen molar-refractivity contribution in [3.05, 3.63) is 29.8 Å². The number of likely N-dealkylation sites (N-methyl/N-ethyl adjacent to an activating group) is 1. The van der Waals surface area contributed by atoms with Gasteiger partial charge in [0, 0.05) is 70.5 Å². The maximum Gasteiger partial charge on any atom is 0.119 e. The molecule has 5 nitrogen and oxygen atoms in total. The first-order valence-electron chi connectivity index (χ1n) is 12.0. The minimum atomic E-state index is 0.218. The van der Waals surface area contributed by atoms with Gasteiger partial charge in [0.25, 0.3) is 0 Å². The molecular formula is C25H41N3O2. The predicted molar refractivity (Wildman–Crippen MR) is 122 cm³/mol. The smallest absolute Gasteiger partial charge is 0.119 e. The number of likely N-dealkylation sites (tertiary alicyclic amines) is 1. The number of hydrogen-bond donors (Lipinski definition) is 0. The fourth-order valence-corrected chi connectivity index (χ4v) is 5.32. The van der Waals surface area contributed by atoms with Gasteiger partial charge in [0.15, 0.2) is 0 Å². The Morgan fingerprint density at radius 1 is 0.967 bits per heavy atom. The molecule has 0 radical (unpaired) electrons. The molecule has 3 fully saturated rings. The lowest BCUT2D eigenvalue weighted by atomic mass is 9.73. The van der Waals surface area contributed by atoms with Gasteiger partial charge in [-0.3, -0.25) is 4.90 Å². The molecule has 0 atom stereocenters. The van der Waals surface area contributed by atoms with Crippen LogP contribution in [0.25, 0.3) is 0 Å². The Morgan fingerprint density at radius 2 is 1.60 bits per heavy atom. The second-order valence-electron chi connectivity index (χ2n) is 9.94. The number of benzene rings is 1. The molecule has 0 aromatic heterocycles. The molecule has 0 spiro atoms. The van der Waals surface area contributed by atoms with Gasteiger partial charge < -0.3 is 19.3 Å². The lowest BCUT2D eigenvalue weighted by Gasteiger charge is -2.43. The van der Waals surface area contributed by atoms with E-state index in [0.717, 1.165) is 64.3 Å². The van der Waals surface area contributed by atoms with Crippen LogP contribution in [0.15, 0.2) is 24.3 Å². The van der Waals surface area contributed by atoms with Gasteiger partial charge >= 0.3 is 0 Å². The van der Waals surface area contributed by atoms with Gasteiger partial charge in [-0.25, -0.2) is 0 Å². The molecule has 30 heavy (non-hydrogen) atoms. The zero-order valence-corrected chi connectivity index (χ0v) is 19.3. The van der Waals surface area contributed by atoms with E-state index >= 15 is 0 Å². The van der Waals surface area contributed by atoms with E-state index < -0.39 is 0 Å². The number of hydrogen-bond acceptors (Lipinski definition) is 5. The highest BCUT2D eigenvalue weighted by atomic mass is 16.5. The monoisotopic (exact) mass is 415 g/mol.